The highest BCUT2D eigenvalue weighted by molar-refractivity contribution is 6.30. The lowest BCUT2D eigenvalue weighted by Crippen LogP contribution is -2.33. The number of hydrogen-bond acceptors (Lipinski definition) is 2. The molecule has 0 bridgehead atoms. The lowest BCUT2D eigenvalue weighted by molar-refractivity contribution is -0.122. The summed E-state index contributed by atoms with van der Waals surface area (Å²) in [4.78, 5) is 27.1. The van der Waals surface area contributed by atoms with Crippen molar-refractivity contribution in [2.24, 2.45) is 5.92 Å². The fourth-order valence-electron chi connectivity index (χ4n) is 4.07. The molecule has 2 amide bonds. The third-order valence-corrected chi connectivity index (χ3v) is 5.76. The fraction of sp³-hybridized carbons (Fsp3) is 0.364. The molecule has 5 heteroatoms. The number of carbonyl (C=O) groups excluding carboxylic acids is 2. The monoisotopic (exact) mass is 382 g/mol. The molecule has 2 aromatic rings. The minimum atomic E-state index is -0.0797. The minimum Gasteiger partial charge on any atom is -0.326 e. The molecule has 0 saturated heterocycles. The Morgan fingerprint density at radius 2 is 1.81 bits per heavy atom. The van der Waals surface area contributed by atoms with Gasteiger partial charge in [-0.15, -0.1) is 0 Å². The summed E-state index contributed by atoms with van der Waals surface area (Å²) in [6, 6.07) is 13.2. The normalized spacial score (nSPS) is 16.4. The van der Waals surface area contributed by atoms with Crippen LogP contribution in [0.3, 0.4) is 0 Å². The van der Waals surface area contributed by atoms with Gasteiger partial charge in [-0.2, -0.15) is 0 Å². The molecule has 0 spiro atoms. The van der Waals surface area contributed by atoms with Crippen LogP contribution in [-0.2, 0) is 22.4 Å². The van der Waals surface area contributed by atoms with E-state index in [9.17, 15) is 9.59 Å². The Bertz CT molecular complexity index is 857. The van der Waals surface area contributed by atoms with E-state index in [4.69, 9.17) is 11.6 Å². The van der Waals surface area contributed by atoms with Crippen molar-refractivity contribution in [2.45, 2.75) is 38.5 Å². The van der Waals surface area contributed by atoms with Crippen LogP contribution in [0.4, 0.5) is 11.4 Å². The van der Waals surface area contributed by atoms with E-state index >= 15 is 0 Å². The van der Waals surface area contributed by atoms with Gasteiger partial charge in [-0.25, -0.2) is 0 Å². The first-order valence-electron chi connectivity index (χ1n) is 9.59. The zero-order valence-electron chi connectivity index (χ0n) is 15.2. The second kappa shape index (κ2) is 7.73. The summed E-state index contributed by atoms with van der Waals surface area (Å²) in [6.07, 6.45) is 5.48. The number of benzene rings is 2. The van der Waals surface area contributed by atoms with Crippen molar-refractivity contribution in [3.63, 3.8) is 0 Å². The molecule has 1 heterocycles. The molecule has 1 fully saturated rings. The molecular formula is C22H23ClN2O2. The summed E-state index contributed by atoms with van der Waals surface area (Å²) in [5.74, 6) is 0.332. The molecule has 2 aromatic carbocycles. The van der Waals surface area contributed by atoms with Gasteiger partial charge in [0.15, 0.2) is 0 Å². The average Bonchev–Trinajstić information content (AvgIpc) is 3.32. The van der Waals surface area contributed by atoms with E-state index in [0.717, 1.165) is 55.6 Å². The number of rotatable bonds is 4. The van der Waals surface area contributed by atoms with E-state index in [1.807, 2.05) is 35.2 Å². The van der Waals surface area contributed by atoms with Crippen LogP contribution in [0.25, 0.3) is 0 Å². The number of carbonyl (C=O) groups is 2. The molecule has 1 aliphatic heterocycles. The van der Waals surface area contributed by atoms with Gasteiger partial charge in [0.25, 0.3) is 0 Å². The quantitative estimate of drug-likeness (QED) is 0.840. The Labute approximate surface area is 164 Å². The first-order chi connectivity index (χ1) is 13.1. The average molecular weight is 383 g/mol. The van der Waals surface area contributed by atoms with Crippen molar-refractivity contribution in [3.05, 3.63) is 58.6 Å². The van der Waals surface area contributed by atoms with Crippen LogP contribution in [0, 0.1) is 5.92 Å². The lowest BCUT2D eigenvalue weighted by Gasteiger charge is -2.21. The summed E-state index contributed by atoms with van der Waals surface area (Å²) in [5, 5.41) is 3.61. The Morgan fingerprint density at radius 3 is 2.56 bits per heavy atom. The minimum absolute atomic E-state index is 0.0797. The Balaban J connectivity index is 1.45. The van der Waals surface area contributed by atoms with Crippen LogP contribution in [0.5, 0.6) is 0 Å². The van der Waals surface area contributed by atoms with Gasteiger partial charge in [-0.3, -0.25) is 9.59 Å². The van der Waals surface area contributed by atoms with Gasteiger partial charge in [-0.1, -0.05) is 42.6 Å². The Hall–Kier alpha value is -2.33. The molecule has 27 heavy (non-hydrogen) atoms. The molecule has 0 radical (unpaired) electrons. The van der Waals surface area contributed by atoms with Crippen molar-refractivity contribution < 1.29 is 9.59 Å². The molecule has 4 nitrogen and oxygen atoms in total. The van der Waals surface area contributed by atoms with Crippen molar-refractivity contribution in [3.8, 4) is 0 Å². The predicted molar refractivity (Wildman–Crippen MR) is 108 cm³/mol. The number of anilines is 2. The molecule has 0 unspecified atom stereocenters. The van der Waals surface area contributed by atoms with Crippen LogP contribution < -0.4 is 10.2 Å². The van der Waals surface area contributed by atoms with E-state index in [1.54, 1.807) is 12.1 Å². The number of amides is 2. The molecular weight excluding hydrogens is 360 g/mol. The van der Waals surface area contributed by atoms with Crippen molar-refractivity contribution in [1.82, 2.24) is 0 Å². The van der Waals surface area contributed by atoms with E-state index in [-0.39, 0.29) is 17.7 Å². The largest absolute Gasteiger partial charge is 0.326 e. The second-order valence-electron chi connectivity index (χ2n) is 7.42. The Morgan fingerprint density at radius 1 is 1.07 bits per heavy atom. The number of nitrogens with zero attached hydrogens (tertiary/aromatic N) is 1. The molecule has 140 valence electrons. The topological polar surface area (TPSA) is 49.4 Å². The van der Waals surface area contributed by atoms with Crippen LogP contribution in [-0.4, -0.2) is 18.4 Å². The smallest absolute Gasteiger partial charge is 0.230 e. The van der Waals surface area contributed by atoms with Gasteiger partial charge in [0.05, 0.1) is 6.42 Å². The number of halogens is 1. The maximum absolute atomic E-state index is 12.8. The Kier molecular flexibility index (Phi) is 5.17. The van der Waals surface area contributed by atoms with Gasteiger partial charge in [0.1, 0.15) is 0 Å². The van der Waals surface area contributed by atoms with E-state index in [2.05, 4.69) is 5.32 Å². The van der Waals surface area contributed by atoms with Crippen molar-refractivity contribution in [2.75, 3.05) is 16.8 Å². The zero-order chi connectivity index (χ0) is 18.8. The van der Waals surface area contributed by atoms with Gasteiger partial charge < -0.3 is 10.2 Å². The molecule has 1 saturated carbocycles. The molecule has 0 aromatic heterocycles. The summed E-state index contributed by atoms with van der Waals surface area (Å²) >= 11 is 5.89. The molecule has 1 N–H and O–H groups in total. The van der Waals surface area contributed by atoms with Gasteiger partial charge in [-0.05, 0) is 54.7 Å². The SMILES string of the molecule is O=C(Cc1ccc(Cl)cc1)Nc1ccc2c(c1)N(C(=O)C1CCCC1)CC2. The van der Waals surface area contributed by atoms with Gasteiger partial charge >= 0.3 is 0 Å². The zero-order valence-corrected chi connectivity index (χ0v) is 16.0. The van der Waals surface area contributed by atoms with Crippen molar-refractivity contribution >= 4 is 34.8 Å². The number of hydrogen-bond donors (Lipinski definition) is 1. The summed E-state index contributed by atoms with van der Waals surface area (Å²) < 4.78 is 0. The summed E-state index contributed by atoms with van der Waals surface area (Å²) in [6.45, 7) is 0.743. The summed E-state index contributed by atoms with van der Waals surface area (Å²) in [7, 11) is 0. The van der Waals surface area contributed by atoms with Gasteiger partial charge in [0, 0.05) is 28.9 Å². The first kappa shape index (κ1) is 18.1. The van der Waals surface area contributed by atoms with Crippen LogP contribution in [0.15, 0.2) is 42.5 Å². The summed E-state index contributed by atoms with van der Waals surface area (Å²) in [5.41, 5.74) is 3.78. The number of fused-ring (bicyclic) bond motifs is 1. The highest BCUT2D eigenvalue weighted by Crippen LogP contribution is 2.35. The molecule has 4 rings (SSSR count). The van der Waals surface area contributed by atoms with Crippen molar-refractivity contribution in [1.29, 1.82) is 0 Å². The van der Waals surface area contributed by atoms with Gasteiger partial charge in [0.2, 0.25) is 11.8 Å². The third-order valence-electron chi connectivity index (χ3n) is 5.51. The third kappa shape index (κ3) is 4.01. The fourth-order valence-corrected chi connectivity index (χ4v) is 4.20. The molecule has 2 aliphatic rings. The van der Waals surface area contributed by atoms with E-state index in [1.165, 1.54) is 5.56 Å². The second-order valence-corrected chi connectivity index (χ2v) is 7.85. The number of nitrogens with one attached hydrogen (secondary N) is 1. The van der Waals surface area contributed by atoms with E-state index < -0.39 is 0 Å². The lowest BCUT2D eigenvalue weighted by atomic mass is 10.1. The highest BCUT2D eigenvalue weighted by atomic mass is 35.5. The maximum atomic E-state index is 12.8. The van der Waals surface area contributed by atoms with Crippen LogP contribution in [0.2, 0.25) is 5.02 Å². The molecule has 1 aliphatic carbocycles. The van der Waals surface area contributed by atoms with E-state index in [0.29, 0.717) is 11.4 Å². The first-order valence-corrected chi connectivity index (χ1v) is 9.96. The highest BCUT2D eigenvalue weighted by Gasteiger charge is 2.31. The van der Waals surface area contributed by atoms with Crippen LogP contribution in [0.1, 0.15) is 36.8 Å². The standard InChI is InChI=1S/C22H23ClN2O2/c23-18-8-5-15(6-9-18)13-21(26)24-19-10-7-16-11-12-25(20(16)14-19)22(27)17-3-1-2-4-17/h5-10,14,17H,1-4,11-13H2,(H,24,26). The predicted octanol–water partition coefficient (Wildman–Crippen LogP) is 4.60. The van der Waals surface area contributed by atoms with Crippen LogP contribution >= 0.6 is 11.6 Å². The molecule has 0 atom stereocenters. The maximum Gasteiger partial charge on any atom is 0.230 e.